The molecular formula is C37H22N4. The van der Waals surface area contributed by atoms with Gasteiger partial charge in [0.1, 0.15) is 5.65 Å². The lowest BCUT2D eigenvalue weighted by Crippen LogP contribution is -1.95. The zero-order chi connectivity index (χ0) is 26.9. The van der Waals surface area contributed by atoms with Crippen LogP contribution in [0.4, 0.5) is 0 Å². The van der Waals surface area contributed by atoms with E-state index in [1.807, 2.05) is 12.1 Å². The molecule has 9 rings (SSSR count). The molecule has 0 unspecified atom stereocenters. The van der Waals surface area contributed by atoms with Gasteiger partial charge in [-0.3, -0.25) is 4.40 Å². The molecule has 0 fully saturated rings. The van der Waals surface area contributed by atoms with Crippen molar-refractivity contribution in [2.75, 3.05) is 0 Å². The van der Waals surface area contributed by atoms with Gasteiger partial charge in [0.25, 0.3) is 0 Å². The predicted octanol–water partition coefficient (Wildman–Crippen LogP) is 9.22. The molecule has 0 aliphatic carbocycles. The number of rotatable bonds is 2. The van der Waals surface area contributed by atoms with Gasteiger partial charge in [0.2, 0.25) is 0 Å². The average molecular weight is 523 g/mol. The SMILES string of the molecule is c1cc(-c2ccc3ccccc3c2)nc(-c2ccc3c(c2)c2nc4ccccc4cc2c2nc4ccccc4n32)c1. The van der Waals surface area contributed by atoms with Crippen molar-refractivity contribution in [2.45, 2.75) is 0 Å². The lowest BCUT2D eigenvalue weighted by molar-refractivity contribution is 1.30. The van der Waals surface area contributed by atoms with Crippen LogP contribution in [0.1, 0.15) is 0 Å². The molecule has 0 atom stereocenters. The molecule has 5 aromatic carbocycles. The molecule has 0 N–H and O–H groups in total. The fourth-order valence-corrected chi connectivity index (χ4v) is 6.13. The number of imidazole rings is 1. The van der Waals surface area contributed by atoms with Crippen LogP contribution in [0, 0.1) is 0 Å². The number of fused-ring (bicyclic) bond motifs is 10. The van der Waals surface area contributed by atoms with E-state index in [-0.39, 0.29) is 0 Å². The first-order valence-corrected chi connectivity index (χ1v) is 13.8. The summed E-state index contributed by atoms with van der Waals surface area (Å²) in [7, 11) is 0. The first kappa shape index (κ1) is 22.2. The first-order valence-electron chi connectivity index (χ1n) is 13.8. The van der Waals surface area contributed by atoms with Crippen LogP contribution in [0.3, 0.4) is 0 Å². The molecule has 4 nitrogen and oxygen atoms in total. The minimum atomic E-state index is 0.927. The van der Waals surface area contributed by atoms with Crippen LogP contribution < -0.4 is 0 Å². The van der Waals surface area contributed by atoms with Crippen molar-refractivity contribution in [3.8, 4) is 22.5 Å². The largest absolute Gasteiger partial charge is 0.292 e. The highest BCUT2D eigenvalue weighted by Gasteiger charge is 2.16. The number of para-hydroxylation sites is 3. The number of hydrogen-bond acceptors (Lipinski definition) is 3. The van der Waals surface area contributed by atoms with E-state index in [9.17, 15) is 0 Å². The summed E-state index contributed by atoms with van der Waals surface area (Å²) in [5.41, 5.74) is 10.1. The van der Waals surface area contributed by atoms with Crippen molar-refractivity contribution in [1.29, 1.82) is 0 Å². The van der Waals surface area contributed by atoms with Crippen LogP contribution >= 0.6 is 0 Å². The van der Waals surface area contributed by atoms with Crippen molar-refractivity contribution < 1.29 is 0 Å². The molecule has 4 aromatic heterocycles. The third-order valence-electron chi connectivity index (χ3n) is 8.11. The summed E-state index contributed by atoms with van der Waals surface area (Å²) < 4.78 is 2.27. The van der Waals surface area contributed by atoms with Crippen molar-refractivity contribution in [3.05, 3.63) is 133 Å². The number of hydrogen-bond donors (Lipinski definition) is 0. The molecule has 0 bridgehead atoms. The molecule has 0 saturated heterocycles. The van der Waals surface area contributed by atoms with Crippen molar-refractivity contribution in [1.82, 2.24) is 19.4 Å². The maximum atomic E-state index is 5.18. The third kappa shape index (κ3) is 3.38. The lowest BCUT2D eigenvalue weighted by Gasteiger charge is -2.12. The highest BCUT2D eigenvalue weighted by molar-refractivity contribution is 6.15. The third-order valence-corrected chi connectivity index (χ3v) is 8.11. The number of pyridine rings is 3. The summed E-state index contributed by atoms with van der Waals surface area (Å²) in [5.74, 6) is 0. The Morgan fingerprint density at radius 2 is 1.12 bits per heavy atom. The average Bonchev–Trinajstić information content (AvgIpc) is 3.44. The summed E-state index contributed by atoms with van der Waals surface area (Å²) in [6.45, 7) is 0. The van der Waals surface area contributed by atoms with Crippen LogP contribution in [-0.4, -0.2) is 19.4 Å². The Hall–Kier alpha value is -5.61. The molecule has 190 valence electrons. The Labute approximate surface area is 235 Å². The molecule has 0 saturated carbocycles. The van der Waals surface area contributed by atoms with E-state index < -0.39 is 0 Å². The normalized spacial score (nSPS) is 11.9. The van der Waals surface area contributed by atoms with Crippen molar-refractivity contribution in [3.63, 3.8) is 0 Å². The topological polar surface area (TPSA) is 43.1 Å². The Morgan fingerprint density at radius 1 is 0.415 bits per heavy atom. The van der Waals surface area contributed by atoms with E-state index in [1.165, 1.54) is 10.8 Å². The van der Waals surface area contributed by atoms with Crippen LogP contribution in [-0.2, 0) is 0 Å². The summed E-state index contributed by atoms with van der Waals surface area (Å²) in [4.78, 5) is 15.4. The first-order chi connectivity index (χ1) is 20.3. The second kappa shape index (κ2) is 8.44. The molecule has 0 aliphatic rings. The van der Waals surface area contributed by atoms with Gasteiger partial charge in [-0.05, 0) is 65.4 Å². The van der Waals surface area contributed by atoms with Gasteiger partial charge in [-0.25, -0.2) is 15.0 Å². The standard InChI is InChI=1S/C37H22N4/c1-2-9-24-20-26(17-16-23(24)8-1)30-13-7-14-31(38-30)27-18-19-34-28(21-27)36-29(22-25-10-3-4-11-32(25)39-36)37-40-33-12-5-6-15-35(33)41(34)37/h1-22H. The van der Waals surface area contributed by atoms with Gasteiger partial charge >= 0.3 is 0 Å². The van der Waals surface area contributed by atoms with E-state index in [0.717, 1.165) is 71.9 Å². The number of nitrogens with zero attached hydrogens (tertiary/aromatic N) is 4. The fourth-order valence-electron chi connectivity index (χ4n) is 6.13. The Balaban J connectivity index is 1.31. The van der Waals surface area contributed by atoms with Gasteiger partial charge in [0.05, 0.1) is 39.0 Å². The summed E-state index contributed by atoms with van der Waals surface area (Å²) in [6, 6.07) is 46.6. The Bertz CT molecular complexity index is 2490. The van der Waals surface area contributed by atoms with Gasteiger partial charge in [-0.2, -0.15) is 0 Å². The zero-order valence-electron chi connectivity index (χ0n) is 22.0. The molecule has 0 aliphatic heterocycles. The lowest BCUT2D eigenvalue weighted by atomic mass is 10.0. The van der Waals surface area contributed by atoms with Gasteiger partial charge in [0, 0.05) is 27.3 Å². The Kier molecular flexibility index (Phi) is 4.58. The van der Waals surface area contributed by atoms with Gasteiger partial charge in [-0.15, -0.1) is 0 Å². The second-order valence-electron chi connectivity index (χ2n) is 10.5. The minimum Gasteiger partial charge on any atom is -0.292 e. The molecule has 0 spiro atoms. The monoisotopic (exact) mass is 522 g/mol. The van der Waals surface area contributed by atoms with Crippen LogP contribution in [0.2, 0.25) is 0 Å². The maximum Gasteiger partial charge on any atom is 0.147 e. The molecular weight excluding hydrogens is 500 g/mol. The number of aromatic nitrogens is 4. The van der Waals surface area contributed by atoms with Gasteiger partial charge in [0.15, 0.2) is 0 Å². The quantitative estimate of drug-likeness (QED) is 0.168. The summed E-state index contributed by atoms with van der Waals surface area (Å²) >= 11 is 0. The van der Waals surface area contributed by atoms with Gasteiger partial charge < -0.3 is 0 Å². The minimum absolute atomic E-state index is 0.927. The molecule has 0 radical (unpaired) electrons. The van der Waals surface area contributed by atoms with Crippen LogP contribution in [0.5, 0.6) is 0 Å². The van der Waals surface area contributed by atoms with E-state index in [0.29, 0.717) is 0 Å². The molecule has 4 heterocycles. The van der Waals surface area contributed by atoms with E-state index in [2.05, 4.69) is 126 Å². The predicted molar refractivity (Wildman–Crippen MR) is 169 cm³/mol. The molecule has 41 heavy (non-hydrogen) atoms. The zero-order valence-corrected chi connectivity index (χ0v) is 22.0. The smallest absolute Gasteiger partial charge is 0.147 e. The summed E-state index contributed by atoms with van der Waals surface area (Å²) in [5, 5.41) is 5.67. The van der Waals surface area contributed by atoms with Crippen LogP contribution in [0.25, 0.3) is 82.7 Å². The number of benzene rings is 5. The van der Waals surface area contributed by atoms with E-state index in [1.54, 1.807) is 0 Å². The maximum absolute atomic E-state index is 5.18. The van der Waals surface area contributed by atoms with Crippen molar-refractivity contribution >= 4 is 60.2 Å². The molecule has 9 aromatic rings. The fraction of sp³-hybridized carbons (Fsp3) is 0. The van der Waals surface area contributed by atoms with E-state index >= 15 is 0 Å². The van der Waals surface area contributed by atoms with Crippen molar-refractivity contribution in [2.24, 2.45) is 0 Å². The Morgan fingerprint density at radius 3 is 2.00 bits per heavy atom. The van der Waals surface area contributed by atoms with Gasteiger partial charge in [-0.1, -0.05) is 78.9 Å². The second-order valence-corrected chi connectivity index (χ2v) is 10.5. The van der Waals surface area contributed by atoms with Crippen LogP contribution in [0.15, 0.2) is 133 Å². The summed E-state index contributed by atoms with van der Waals surface area (Å²) in [6.07, 6.45) is 0. The highest BCUT2D eigenvalue weighted by atomic mass is 15.0. The molecule has 4 heteroatoms. The van der Waals surface area contributed by atoms with E-state index in [4.69, 9.17) is 15.0 Å². The molecule has 0 amide bonds. The highest BCUT2D eigenvalue weighted by Crippen LogP contribution is 2.35.